The van der Waals surface area contributed by atoms with Crippen LogP contribution in [0.4, 0.5) is 5.82 Å². The summed E-state index contributed by atoms with van der Waals surface area (Å²) in [6.45, 7) is 4.53. The van der Waals surface area contributed by atoms with E-state index in [-0.39, 0.29) is 5.91 Å². The van der Waals surface area contributed by atoms with Crippen LogP contribution in [0.2, 0.25) is 0 Å². The number of imidazole rings is 1. The average Bonchev–Trinajstić information content (AvgIpc) is 3.37. The maximum absolute atomic E-state index is 12.7. The second-order valence-electron chi connectivity index (χ2n) is 7.36. The van der Waals surface area contributed by atoms with Crippen molar-refractivity contribution in [1.82, 2.24) is 24.4 Å². The van der Waals surface area contributed by atoms with Crippen LogP contribution in [0.1, 0.15) is 11.4 Å². The minimum absolute atomic E-state index is 0.0163. The molecule has 9 nitrogen and oxygen atoms in total. The van der Waals surface area contributed by atoms with Crippen LogP contribution in [0.5, 0.6) is 11.5 Å². The highest BCUT2D eigenvalue weighted by Crippen LogP contribution is 2.28. The largest absolute Gasteiger partial charge is 0.493 e. The SMILES string of the molecule is COc1ccc(C=CC(=O)N2CCN(c3cc(-n4ccnc4)nc(C)n3)CC2)cc1OC. The first-order chi connectivity index (χ1) is 15.6. The molecule has 2 aromatic heterocycles. The van der Waals surface area contributed by atoms with Gasteiger partial charge in [-0.1, -0.05) is 6.07 Å². The third kappa shape index (κ3) is 4.72. The molecule has 1 saturated heterocycles. The summed E-state index contributed by atoms with van der Waals surface area (Å²) >= 11 is 0. The van der Waals surface area contributed by atoms with E-state index in [0.717, 1.165) is 17.2 Å². The number of aromatic nitrogens is 4. The van der Waals surface area contributed by atoms with Gasteiger partial charge in [-0.3, -0.25) is 9.36 Å². The minimum atomic E-state index is -0.0163. The van der Waals surface area contributed by atoms with Crippen LogP contribution < -0.4 is 14.4 Å². The number of ether oxygens (including phenoxy) is 2. The second kappa shape index (κ2) is 9.51. The van der Waals surface area contributed by atoms with E-state index in [1.54, 1.807) is 38.9 Å². The fourth-order valence-electron chi connectivity index (χ4n) is 3.61. The highest BCUT2D eigenvalue weighted by atomic mass is 16.5. The smallest absolute Gasteiger partial charge is 0.246 e. The first-order valence-corrected chi connectivity index (χ1v) is 10.4. The molecule has 166 valence electrons. The molecule has 1 aliphatic rings. The molecule has 0 atom stereocenters. The molecule has 0 bridgehead atoms. The predicted octanol–water partition coefficient (Wildman–Crippen LogP) is 2.35. The molecule has 1 fully saturated rings. The van der Waals surface area contributed by atoms with Crippen LogP contribution in [-0.4, -0.2) is 70.7 Å². The summed E-state index contributed by atoms with van der Waals surface area (Å²) in [5, 5.41) is 0. The molecular formula is C23H26N6O3. The van der Waals surface area contributed by atoms with Gasteiger partial charge < -0.3 is 19.3 Å². The van der Waals surface area contributed by atoms with E-state index in [9.17, 15) is 4.79 Å². The molecule has 0 saturated carbocycles. The normalized spacial score (nSPS) is 14.1. The van der Waals surface area contributed by atoms with Crippen LogP contribution in [0.3, 0.4) is 0 Å². The van der Waals surface area contributed by atoms with Crippen molar-refractivity contribution >= 4 is 17.8 Å². The molecule has 32 heavy (non-hydrogen) atoms. The average molecular weight is 435 g/mol. The van der Waals surface area contributed by atoms with Crippen LogP contribution >= 0.6 is 0 Å². The van der Waals surface area contributed by atoms with Gasteiger partial charge in [0.15, 0.2) is 11.5 Å². The lowest BCUT2D eigenvalue weighted by atomic mass is 10.2. The number of methoxy groups -OCH3 is 2. The van der Waals surface area contributed by atoms with Crippen LogP contribution in [-0.2, 0) is 4.79 Å². The molecule has 3 aromatic rings. The quantitative estimate of drug-likeness (QED) is 0.551. The number of amides is 1. The standard InChI is InChI=1S/C23H26N6O3/c1-17-25-21(15-22(26-17)29-9-8-24-16-29)27-10-12-28(13-11-27)23(30)7-5-18-4-6-19(31-2)20(14-18)32-3/h4-9,14-16H,10-13H2,1-3H3. The molecule has 4 rings (SSSR count). The number of aryl methyl sites for hydroxylation is 1. The lowest BCUT2D eigenvalue weighted by Crippen LogP contribution is -2.48. The summed E-state index contributed by atoms with van der Waals surface area (Å²) in [6.07, 6.45) is 8.68. The first kappa shape index (κ1) is 21.4. The Kier molecular flexibility index (Phi) is 6.34. The molecule has 1 aliphatic heterocycles. The van der Waals surface area contributed by atoms with E-state index in [2.05, 4.69) is 19.9 Å². The zero-order chi connectivity index (χ0) is 22.5. The van der Waals surface area contributed by atoms with E-state index in [4.69, 9.17) is 9.47 Å². The Labute approximate surface area is 186 Å². The Morgan fingerprint density at radius 1 is 1.00 bits per heavy atom. The minimum Gasteiger partial charge on any atom is -0.493 e. The van der Waals surface area contributed by atoms with Crippen molar-refractivity contribution in [2.75, 3.05) is 45.3 Å². The van der Waals surface area contributed by atoms with Crippen molar-refractivity contribution < 1.29 is 14.3 Å². The molecule has 0 spiro atoms. The summed E-state index contributed by atoms with van der Waals surface area (Å²) in [4.78, 5) is 29.9. The number of benzene rings is 1. The van der Waals surface area contributed by atoms with E-state index in [0.29, 0.717) is 43.5 Å². The van der Waals surface area contributed by atoms with Gasteiger partial charge in [-0.15, -0.1) is 0 Å². The van der Waals surface area contributed by atoms with Crippen molar-refractivity contribution in [3.8, 4) is 17.3 Å². The lowest BCUT2D eigenvalue weighted by molar-refractivity contribution is -0.126. The van der Waals surface area contributed by atoms with Gasteiger partial charge >= 0.3 is 0 Å². The fraction of sp³-hybridized carbons (Fsp3) is 0.304. The zero-order valence-corrected chi connectivity index (χ0v) is 18.4. The number of hydrogen-bond donors (Lipinski definition) is 0. The number of carbonyl (C=O) groups is 1. The van der Waals surface area contributed by atoms with Crippen molar-refractivity contribution in [3.05, 3.63) is 60.5 Å². The second-order valence-corrected chi connectivity index (χ2v) is 7.36. The van der Waals surface area contributed by atoms with Crippen LogP contribution in [0.25, 0.3) is 11.9 Å². The van der Waals surface area contributed by atoms with Crippen molar-refractivity contribution in [2.45, 2.75) is 6.92 Å². The van der Waals surface area contributed by atoms with Crippen LogP contribution in [0, 0.1) is 6.92 Å². The predicted molar refractivity (Wildman–Crippen MR) is 121 cm³/mol. The molecule has 0 aliphatic carbocycles. The van der Waals surface area contributed by atoms with Gasteiger partial charge in [0.2, 0.25) is 5.91 Å². The number of rotatable bonds is 6. The molecular weight excluding hydrogens is 408 g/mol. The number of carbonyl (C=O) groups excluding carboxylic acids is 1. The van der Waals surface area contributed by atoms with Crippen molar-refractivity contribution in [2.24, 2.45) is 0 Å². The topological polar surface area (TPSA) is 85.6 Å². The van der Waals surface area contributed by atoms with E-state index in [1.165, 1.54) is 0 Å². The third-order valence-corrected chi connectivity index (χ3v) is 5.32. The van der Waals surface area contributed by atoms with Crippen LogP contribution in [0.15, 0.2) is 49.1 Å². The Hall–Kier alpha value is -3.88. The molecule has 1 amide bonds. The van der Waals surface area contributed by atoms with Crippen molar-refractivity contribution in [1.29, 1.82) is 0 Å². The number of piperazine rings is 1. The highest BCUT2D eigenvalue weighted by molar-refractivity contribution is 5.92. The van der Waals surface area contributed by atoms with Gasteiger partial charge in [0.05, 0.1) is 14.2 Å². The monoisotopic (exact) mass is 434 g/mol. The van der Waals surface area contributed by atoms with Gasteiger partial charge in [0.1, 0.15) is 23.8 Å². The molecule has 3 heterocycles. The molecule has 1 aromatic carbocycles. The number of anilines is 1. The molecule has 0 radical (unpaired) electrons. The lowest BCUT2D eigenvalue weighted by Gasteiger charge is -2.35. The van der Waals surface area contributed by atoms with Crippen molar-refractivity contribution in [3.63, 3.8) is 0 Å². The Balaban J connectivity index is 1.39. The number of hydrogen-bond acceptors (Lipinski definition) is 7. The Morgan fingerprint density at radius 3 is 2.44 bits per heavy atom. The third-order valence-electron chi connectivity index (χ3n) is 5.32. The van der Waals surface area contributed by atoms with E-state index < -0.39 is 0 Å². The molecule has 0 unspecified atom stereocenters. The summed E-state index contributed by atoms with van der Waals surface area (Å²) in [7, 11) is 3.19. The maximum atomic E-state index is 12.7. The van der Waals surface area contributed by atoms with Gasteiger partial charge in [-0.2, -0.15) is 0 Å². The highest BCUT2D eigenvalue weighted by Gasteiger charge is 2.21. The maximum Gasteiger partial charge on any atom is 0.246 e. The Morgan fingerprint density at radius 2 is 1.75 bits per heavy atom. The number of nitrogens with zero attached hydrogens (tertiary/aromatic N) is 6. The van der Waals surface area contributed by atoms with E-state index in [1.807, 2.05) is 46.9 Å². The van der Waals surface area contributed by atoms with Gasteiger partial charge in [0, 0.05) is 50.7 Å². The summed E-state index contributed by atoms with van der Waals surface area (Å²) in [6, 6.07) is 7.50. The van der Waals surface area contributed by atoms with Gasteiger partial charge in [0.25, 0.3) is 0 Å². The molecule has 9 heteroatoms. The fourth-order valence-corrected chi connectivity index (χ4v) is 3.61. The van der Waals surface area contributed by atoms with Gasteiger partial charge in [-0.25, -0.2) is 15.0 Å². The summed E-state index contributed by atoms with van der Waals surface area (Å²) in [5.74, 6) is 3.60. The summed E-state index contributed by atoms with van der Waals surface area (Å²) < 4.78 is 12.4. The van der Waals surface area contributed by atoms with E-state index >= 15 is 0 Å². The zero-order valence-electron chi connectivity index (χ0n) is 18.4. The first-order valence-electron chi connectivity index (χ1n) is 10.4. The summed E-state index contributed by atoms with van der Waals surface area (Å²) in [5.41, 5.74) is 0.873. The van der Waals surface area contributed by atoms with Gasteiger partial charge in [-0.05, 0) is 30.7 Å². The molecule has 0 N–H and O–H groups in total. The Bertz CT molecular complexity index is 1100.